The Morgan fingerprint density at radius 1 is 1.23 bits per heavy atom. The number of carbonyl (C=O) groups is 1. The van der Waals surface area contributed by atoms with Crippen LogP contribution in [-0.2, 0) is 0 Å². The molecule has 1 N–H and O–H groups in total. The number of pyridine rings is 1. The summed E-state index contributed by atoms with van der Waals surface area (Å²) < 4.78 is 5.60. The molecule has 0 spiro atoms. The van der Waals surface area contributed by atoms with Gasteiger partial charge in [0.1, 0.15) is 5.75 Å². The van der Waals surface area contributed by atoms with Crippen LogP contribution in [0, 0.1) is 0 Å². The van der Waals surface area contributed by atoms with Gasteiger partial charge in [-0.3, -0.25) is 4.79 Å². The van der Waals surface area contributed by atoms with Gasteiger partial charge in [0.15, 0.2) is 0 Å². The Hall–Kier alpha value is -2.40. The maximum Gasteiger partial charge on any atom is 0.255 e. The van der Waals surface area contributed by atoms with Crippen molar-refractivity contribution in [2.75, 3.05) is 13.2 Å². The van der Waals surface area contributed by atoms with Crippen LogP contribution in [0.1, 0.15) is 23.2 Å². The molecule has 1 aliphatic rings. The van der Waals surface area contributed by atoms with Gasteiger partial charge in [0, 0.05) is 24.8 Å². The number of amides is 1. The lowest BCUT2D eigenvalue weighted by Crippen LogP contribution is -2.35. The second-order valence-corrected chi connectivity index (χ2v) is 5.25. The number of nitrogens with zero attached hydrogens (tertiary/aromatic N) is 2. The van der Waals surface area contributed by atoms with E-state index in [4.69, 9.17) is 9.84 Å². The molecule has 5 heteroatoms. The summed E-state index contributed by atoms with van der Waals surface area (Å²) in [6.45, 7) is 0.344. The maximum absolute atomic E-state index is 12.4. The molecule has 1 fully saturated rings. The zero-order chi connectivity index (χ0) is 15.4. The van der Waals surface area contributed by atoms with Crippen LogP contribution in [0.4, 0.5) is 0 Å². The summed E-state index contributed by atoms with van der Waals surface area (Å²) in [4.78, 5) is 18.3. The van der Waals surface area contributed by atoms with Crippen LogP contribution in [0.5, 0.6) is 11.6 Å². The number of benzene rings is 1. The lowest BCUT2D eigenvalue weighted by Gasteiger charge is -2.21. The molecule has 1 amide bonds. The Bertz CT molecular complexity index is 624. The lowest BCUT2D eigenvalue weighted by atomic mass is 10.2. The molecule has 5 nitrogen and oxygen atoms in total. The van der Waals surface area contributed by atoms with Crippen LogP contribution in [-0.4, -0.2) is 40.1 Å². The van der Waals surface area contributed by atoms with E-state index in [1.54, 1.807) is 17.0 Å². The van der Waals surface area contributed by atoms with Crippen LogP contribution < -0.4 is 4.74 Å². The number of ether oxygens (including phenoxy) is 1. The molecule has 2 aromatic rings. The van der Waals surface area contributed by atoms with Gasteiger partial charge in [-0.05, 0) is 31.0 Å². The molecule has 1 aliphatic carbocycles. The highest BCUT2D eigenvalue weighted by atomic mass is 16.5. The molecule has 0 bridgehead atoms. The van der Waals surface area contributed by atoms with E-state index in [2.05, 4.69) is 4.98 Å². The van der Waals surface area contributed by atoms with E-state index in [0.29, 0.717) is 23.7 Å². The average Bonchev–Trinajstić information content (AvgIpc) is 3.38. The number of aliphatic hydroxyl groups excluding tert-OH is 1. The SMILES string of the molecule is O=C(c1ccc(Oc2ccccc2)nc1)N(CCO)C1CC1. The average molecular weight is 298 g/mol. The Balaban J connectivity index is 1.69. The van der Waals surface area contributed by atoms with Crippen LogP contribution >= 0.6 is 0 Å². The summed E-state index contributed by atoms with van der Waals surface area (Å²) >= 11 is 0. The minimum absolute atomic E-state index is 0.0229. The summed E-state index contributed by atoms with van der Waals surface area (Å²) in [5.41, 5.74) is 0.515. The highest BCUT2D eigenvalue weighted by molar-refractivity contribution is 5.94. The van der Waals surface area contributed by atoms with Crippen molar-refractivity contribution in [3.8, 4) is 11.6 Å². The van der Waals surface area contributed by atoms with Gasteiger partial charge in [-0.15, -0.1) is 0 Å². The van der Waals surface area contributed by atoms with Crippen molar-refractivity contribution < 1.29 is 14.6 Å². The highest BCUT2D eigenvalue weighted by Crippen LogP contribution is 2.28. The summed E-state index contributed by atoms with van der Waals surface area (Å²) in [5, 5.41) is 9.09. The molecule has 22 heavy (non-hydrogen) atoms. The number of carbonyl (C=O) groups excluding carboxylic acids is 1. The molecule has 0 saturated heterocycles. The molecule has 114 valence electrons. The van der Waals surface area contributed by atoms with Gasteiger partial charge >= 0.3 is 0 Å². The zero-order valence-corrected chi connectivity index (χ0v) is 12.2. The topological polar surface area (TPSA) is 62.7 Å². The smallest absolute Gasteiger partial charge is 0.255 e. The largest absolute Gasteiger partial charge is 0.439 e. The predicted octanol–water partition coefficient (Wildman–Crippen LogP) is 2.47. The second-order valence-electron chi connectivity index (χ2n) is 5.25. The summed E-state index contributed by atoms with van der Waals surface area (Å²) in [6, 6.07) is 13.0. The van der Waals surface area contributed by atoms with Crippen molar-refractivity contribution in [2.45, 2.75) is 18.9 Å². The first-order valence-corrected chi connectivity index (χ1v) is 7.38. The fourth-order valence-electron chi connectivity index (χ4n) is 2.29. The number of hydrogen-bond acceptors (Lipinski definition) is 4. The summed E-state index contributed by atoms with van der Waals surface area (Å²) in [6.07, 6.45) is 3.54. The molecule has 1 heterocycles. The van der Waals surface area contributed by atoms with Crippen LogP contribution in [0.25, 0.3) is 0 Å². The molecule has 0 radical (unpaired) electrons. The first-order valence-electron chi connectivity index (χ1n) is 7.38. The third-order valence-electron chi connectivity index (χ3n) is 3.54. The number of rotatable bonds is 6. The number of para-hydroxylation sites is 1. The van der Waals surface area contributed by atoms with E-state index in [9.17, 15) is 4.79 Å². The Kier molecular flexibility index (Phi) is 4.34. The molecule has 1 aromatic carbocycles. The van der Waals surface area contributed by atoms with Crippen molar-refractivity contribution in [2.24, 2.45) is 0 Å². The van der Waals surface area contributed by atoms with E-state index in [1.165, 1.54) is 6.20 Å². The van der Waals surface area contributed by atoms with Gasteiger partial charge in [-0.25, -0.2) is 4.98 Å². The maximum atomic E-state index is 12.4. The molecule has 0 aliphatic heterocycles. The third-order valence-corrected chi connectivity index (χ3v) is 3.54. The van der Waals surface area contributed by atoms with Crippen molar-refractivity contribution >= 4 is 5.91 Å². The van der Waals surface area contributed by atoms with Crippen LogP contribution in [0.15, 0.2) is 48.7 Å². The molecule has 1 saturated carbocycles. The standard InChI is InChI=1S/C17H18N2O3/c20-11-10-19(14-7-8-14)17(21)13-6-9-16(18-12-13)22-15-4-2-1-3-5-15/h1-6,9,12,14,20H,7-8,10-11H2. The summed E-state index contributed by atoms with van der Waals surface area (Å²) in [7, 11) is 0. The number of aromatic nitrogens is 1. The predicted molar refractivity (Wildman–Crippen MR) is 81.9 cm³/mol. The first kappa shape index (κ1) is 14.5. The third kappa shape index (κ3) is 3.43. The second kappa shape index (κ2) is 6.58. The van der Waals surface area contributed by atoms with E-state index in [0.717, 1.165) is 12.8 Å². The molecule has 0 atom stereocenters. The van der Waals surface area contributed by atoms with E-state index in [-0.39, 0.29) is 18.6 Å². The molecular formula is C17H18N2O3. The van der Waals surface area contributed by atoms with E-state index >= 15 is 0 Å². The minimum atomic E-state index is -0.0877. The van der Waals surface area contributed by atoms with Gasteiger partial charge in [-0.2, -0.15) is 0 Å². The van der Waals surface area contributed by atoms with Crippen LogP contribution in [0.2, 0.25) is 0 Å². The first-order chi connectivity index (χ1) is 10.8. The van der Waals surface area contributed by atoms with Gasteiger partial charge in [0.2, 0.25) is 5.88 Å². The monoisotopic (exact) mass is 298 g/mol. The fourth-order valence-corrected chi connectivity index (χ4v) is 2.29. The quantitative estimate of drug-likeness (QED) is 0.890. The minimum Gasteiger partial charge on any atom is -0.439 e. The van der Waals surface area contributed by atoms with Crippen molar-refractivity contribution in [3.05, 3.63) is 54.2 Å². The van der Waals surface area contributed by atoms with Crippen LogP contribution in [0.3, 0.4) is 0 Å². The van der Waals surface area contributed by atoms with Gasteiger partial charge < -0.3 is 14.7 Å². The van der Waals surface area contributed by atoms with E-state index in [1.807, 2.05) is 30.3 Å². The Morgan fingerprint density at radius 3 is 2.59 bits per heavy atom. The van der Waals surface area contributed by atoms with Gasteiger partial charge in [0.05, 0.1) is 12.2 Å². The van der Waals surface area contributed by atoms with Crippen molar-refractivity contribution in [1.29, 1.82) is 0 Å². The molecule has 1 aromatic heterocycles. The highest BCUT2D eigenvalue weighted by Gasteiger charge is 2.32. The molecule has 0 unspecified atom stereocenters. The number of hydrogen-bond donors (Lipinski definition) is 1. The van der Waals surface area contributed by atoms with Crippen molar-refractivity contribution in [1.82, 2.24) is 9.88 Å². The van der Waals surface area contributed by atoms with Gasteiger partial charge in [0.25, 0.3) is 5.91 Å². The Morgan fingerprint density at radius 2 is 2.00 bits per heavy atom. The number of aliphatic hydroxyl groups is 1. The zero-order valence-electron chi connectivity index (χ0n) is 12.2. The normalized spacial score (nSPS) is 13.7. The molecule has 3 rings (SSSR count). The van der Waals surface area contributed by atoms with Gasteiger partial charge in [-0.1, -0.05) is 18.2 Å². The van der Waals surface area contributed by atoms with E-state index < -0.39 is 0 Å². The fraction of sp³-hybridized carbons (Fsp3) is 0.294. The van der Waals surface area contributed by atoms with Crippen molar-refractivity contribution in [3.63, 3.8) is 0 Å². The lowest BCUT2D eigenvalue weighted by molar-refractivity contribution is 0.0707. The molecular weight excluding hydrogens is 280 g/mol. The summed E-state index contributed by atoms with van der Waals surface area (Å²) in [5.74, 6) is 1.06. The Labute approximate surface area is 129 Å².